The third-order valence-electron chi connectivity index (χ3n) is 4.36. The highest BCUT2D eigenvalue weighted by molar-refractivity contribution is 7.12. The molecule has 0 saturated heterocycles. The van der Waals surface area contributed by atoms with Crippen molar-refractivity contribution < 1.29 is 9.59 Å². The molecule has 3 aromatic rings. The van der Waals surface area contributed by atoms with E-state index in [0.717, 1.165) is 10.4 Å². The molecule has 7 heteroatoms. The number of hydrogen-bond donors (Lipinski definition) is 3. The third-order valence-corrected chi connectivity index (χ3v) is 5.27. The van der Waals surface area contributed by atoms with Crippen LogP contribution in [0.3, 0.4) is 0 Å². The molecule has 2 aromatic heterocycles. The number of Topliss-reactive ketones (excluding diaryl/α,β-unsaturated/α-hetero) is 1. The molecular weight excluding hydrogens is 396 g/mol. The van der Waals surface area contributed by atoms with E-state index in [0.29, 0.717) is 29.8 Å². The molecule has 1 aromatic carbocycles. The molecule has 30 heavy (non-hydrogen) atoms. The number of thiophene rings is 1. The van der Waals surface area contributed by atoms with Gasteiger partial charge in [-0.3, -0.25) is 14.6 Å². The third kappa shape index (κ3) is 5.96. The average molecular weight is 419 g/mol. The molecule has 0 aliphatic heterocycles. The van der Waals surface area contributed by atoms with Crippen LogP contribution in [0.1, 0.15) is 40.1 Å². The molecule has 0 spiro atoms. The van der Waals surface area contributed by atoms with Gasteiger partial charge in [0.1, 0.15) is 0 Å². The summed E-state index contributed by atoms with van der Waals surface area (Å²) in [6, 6.07) is 12.4. The fourth-order valence-electron chi connectivity index (χ4n) is 2.80. The minimum absolute atomic E-state index is 0.0569. The Hall–Kier alpha value is -3.58. The maximum atomic E-state index is 12.2. The Balaban J connectivity index is 1.56. The largest absolute Gasteiger partial charge is 0.398 e. The first-order chi connectivity index (χ1) is 14.5. The highest BCUT2D eigenvalue weighted by atomic mass is 32.1. The second-order valence-corrected chi connectivity index (χ2v) is 7.59. The van der Waals surface area contributed by atoms with E-state index in [4.69, 9.17) is 11.1 Å². The number of nitrogens with two attached hydrogens (primary N) is 1. The molecule has 0 saturated carbocycles. The molecule has 0 radical (unpaired) electrons. The summed E-state index contributed by atoms with van der Waals surface area (Å²) in [5, 5.41) is 13.0. The number of nitrogen functional groups attached to an aromatic ring is 1. The zero-order valence-electron chi connectivity index (χ0n) is 16.3. The van der Waals surface area contributed by atoms with Crippen LogP contribution >= 0.6 is 11.3 Å². The van der Waals surface area contributed by atoms with Gasteiger partial charge in [-0.05, 0) is 53.8 Å². The molecule has 0 bridgehead atoms. The fourth-order valence-corrected chi connectivity index (χ4v) is 3.50. The van der Waals surface area contributed by atoms with Crippen molar-refractivity contribution in [2.24, 2.45) is 0 Å². The first-order valence-corrected chi connectivity index (χ1v) is 10.3. The van der Waals surface area contributed by atoms with Crippen LogP contribution in [0.25, 0.3) is 6.08 Å². The number of allylic oxidation sites excluding steroid dienone is 1. The number of benzene rings is 1. The molecule has 0 atom stereocenters. The number of nitrogens with zero attached hydrogens (tertiary/aromatic N) is 1. The second-order valence-electron chi connectivity index (χ2n) is 6.64. The van der Waals surface area contributed by atoms with Crippen LogP contribution < -0.4 is 11.1 Å². The topological polar surface area (TPSA) is 109 Å². The van der Waals surface area contributed by atoms with Gasteiger partial charge in [-0.15, -0.1) is 11.3 Å². The molecule has 0 aliphatic rings. The molecule has 152 valence electrons. The van der Waals surface area contributed by atoms with Gasteiger partial charge in [0.25, 0.3) is 0 Å². The van der Waals surface area contributed by atoms with Crippen LogP contribution in [0.4, 0.5) is 11.4 Å². The standard InChI is InChI=1S/C23H22N4O2S/c24-19(10-8-16-4-2-12-26-15-16)18-14-17(9-11-20(18)25)27-23(29)7-1-5-21(28)22-6-3-13-30-22/h2-4,6,8-15,24H,1,5,7,25H2,(H,27,29)/b10-8+,24-19?. The van der Waals surface area contributed by atoms with Crippen molar-refractivity contribution in [3.05, 3.63) is 82.3 Å². The maximum absolute atomic E-state index is 12.2. The van der Waals surface area contributed by atoms with Crippen molar-refractivity contribution in [2.75, 3.05) is 11.1 Å². The SMILES string of the molecule is N=C(/C=C/c1cccnc1)c1cc(NC(=O)CCCC(=O)c2cccs2)ccc1N. The van der Waals surface area contributed by atoms with E-state index < -0.39 is 0 Å². The molecule has 1 amide bonds. The quantitative estimate of drug-likeness (QED) is 0.263. The van der Waals surface area contributed by atoms with Crippen LogP contribution in [0.5, 0.6) is 0 Å². The number of carbonyl (C=O) groups is 2. The Morgan fingerprint density at radius 1 is 1.17 bits per heavy atom. The van der Waals surface area contributed by atoms with Crippen LogP contribution in [-0.4, -0.2) is 22.4 Å². The summed E-state index contributed by atoms with van der Waals surface area (Å²) in [5.41, 5.74) is 8.67. The number of ketones is 1. The monoisotopic (exact) mass is 418 g/mol. The lowest BCUT2D eigenvalue weighted by atomic mass is 10.1. The summed E-state index contributed by atoms with van der Waals surface area (Å²) in [7, 11) is 0. The van der Waals surface area contributed by atoms with Gasteiger partial charge < -0.3 is 16.5 Å². The van der Waals surface area contributed by atoms with E-state index in [2.05, 4.69) is 10.3 Å². The van der Waals surface area contributed by atoms with Gasteiger partial charge in [-0.25, -0.2) is 0 Å². The van der Waals surface area contributed by atoms with Gasteiger partial charge in [0.15, 0.2) is 5.78 Å². The van der Waals surface area contributed by atoms with Crippen molar-refractivity contribution in [3.63, 3.8) is 0 Å². The van der Waals surface area contributed by atoms with Gasteiger partial charge in [-0.1, -0.05) is 18.2 Å². The van der Waals surface area contributed by atoms with Crippen LogP contribution in [0.15, 0.2) is 66.3 Å². The lowest BCUT2D eigenvalue weighted by Gasteiger charge is -2.09. The number of nitrogens with one attached hydrogen (secondary N) is 2. The highest BCUT2D eigenvalue weighted by Crippen LogP contribution is 2.20. The number of rotatable bonds is 9. The lowest BCUT2D eigenvalue weighted by Crippen LogP contribution is -2.13. The van der Waals surface area contributed by atoms with Crippen LogP contribution in [-0.2, 0) is 4.79 Å². The minimum atomic E-state index is -0.179. The van der Waals surface area contributed by atoms with Crippen molar-refractivity contribution >= 4 is 46.2 Å². The summed E-state index contributed by atoms with van der Waals surface area (Å²) in [4.78, 5) is 29.0. The number of aromatic nitrogens is 1. The molecule has 2 heterocycles. The van der Waals surface area contributed by atoms with Gasteiger partial charge in [0, 0.05) is 42.2 Å². The minimum Gasteiger partial charge on any atom is -0.398 e. The van der Waals surface area contributed by atoms with E-state index >= 15 is 0 Å². The summed E-state index contributed by atoms with van der Waals surface area (Å²) in [6.07, 6.45) is 7.88. The van der Waals surface area contributed by atoms with Crippen LogP contribution in [0.2, 0.25) is 0 Å². The van der Waals surface area contributed by atoms with Crippen molar-refractivity contribution in [3.8, 4) is 0 Å². The zero-order chi connectivity index (χ0) is 21.3. The molecule has 6 nitrogen and oxygen atoms in total. The number of amides is 1. The Kier molecular flexibility index (Phi) is 7.24. The highest BCUT2D eigenvalue weighted by Gasteiger charge is 2.10. The van der Waals surface area contributed by atoms with E-state index in [1.807, 2.05) is 23.6 Å². The normalized spacial score (nSPS) is 10.8. The molecular formula is C23H22N4O2S. The second kappa shape index (κ2) is 10.3. The summed E-state index contributed by atoms with van der Waals surface area (Å²) in [6.45, 7) is 0. The Labute approximate surface area is 179 Å². The van der Waals surface area contributed by atoms with E-state index in [-0.39, 0.29) is 23.8 Å². The number of pyridine rings is 1. The predicted octanol–water partition coefficient (Wildman–Crippen LogP) is 4.80. The summed E-state index contributed by atoms with van der Waals surface area (Å²) in [5.74, 6) is -0.122. The van der Waals surface area contributed by atoms with E-state index in [1.54, 1.807) is 48.8 Å². The van der Waals surface area contributed by atoms with Gasteiger partial charge in [0.2, 0.25) is 5.91 Å². The molecule has 0 unspecified atom stereocenters. The first kappa shape index (κ1) is 21.1. The lowest BCUT2D eigenvalue weighted by molar-refractivity contribution is -0.116. The summed E-state index contributed by atoms with van der Waals surface area (Å²) >= 11 is 1.41. The number of carbonyl (C=O) groups excluding carboxylic acids is 2. The number of anilines is 2. The fraction of sp³-hybridized carbons (Fsp3) is 0.130. The maximum Gasteiger partial charge on any atom is 0.224 e. The molecule has 0 fully saturated rings. The zero-order valence-corrected chi connectivity index (χ0v) is 17.1. The van der Waals surface area contributed by atoms with Gasteiger partial charge in [-0.2, -0.15) is 0 Å². The van der Waals surface area contributed by atoms with Crippen molar-refractivity contribution in [1.29, 1.82) is 5.41 Å². The van der Waals surface area contributed by atoms with E-state index in [9.17, 15) is 9.59 Å². The first-order valence-electron chi connectivity index (χ1n) is 9.46. The average Bonchev–Trinajstić information content (AvgIpc) is 3.29. The smallest absolute Gasteiger partial charge is 0.224 e. The molecule has 0 aliphatic carbocycles. The summed E-state index contributed by atoms with van der Waals surface area (Å²) < 4.78 is 0. The number of hydrogen-bond acceptors (Lipinski definition) is 6. The van der Waals surface area contributed by atoms with Crippen LogP contribution in [0, 0.1) is 5.41 Å². The predicted molar refractivity (Wildman–Crippen MR) is 122 cm³/mol. The van der Waals surface area contributed by atoms with Crippen molar-refractivity contribution in [2.45, 2.75) is 19.3 Å². The van der Waals surface area contributed by atoms with Gasteiger partial charge in [0.05, 0.1) is 10.6 Å². The van der Waals surface area contributed by atoms with Gasteiger partial charge >= 0.3 is 0 Å². The molecule has 3 rings (SSSR count). The molecule has 4 N–H and O–H groups in total. The van der Waals surface area contributed by atoms with Crippen molar-refractivity contribution in [1.82, 2.24) is 4.98 Å². The Bertz CT molecular complexity index is 1060. The Morgan fingerprint density at radius 2 is 2.03 bits per heavy atom. The van der Waals surface area contributed by atoms with E-state index in [1.165, 1.54) is 11.3 Å². The Morgan fingerprint density at radius 3 is 2.77 bits per heavy atom.